The lowest BCUT2D eigenvalue weighted by Gasteiger charge is -2.34. The molecule has 2 heterocycles. The van der Waals surface area contributed by atoms with Crippen molar-refractivity contribution in [2.45, 2.75) is 52.9 Å². The number of carbonyl (C=O) groups excluding carboxylic acids is 1. The normalized spacial score (nSPS) is 17.6. The van der Waals surface area contributed by atoms with E-state index in [1.807, 2.05) is 27.7 Å². The highest BCUT2D eigenvalue weighted by Gasteiger charge is 2.28. The lowest BCUT2D eigenvalue weighted by molar-refractivity contribution is -0.149. The molecule has 1 atom stereocenters. The number of rotatable bonds is 7. The second-order valence-electron chi connectivity index (χ2n) is 6.72. The van der Waals surface area contributed by atoms with Gasteiger partial charge in [-0.3, -0.25) is 9.79 Å². The van der Waals surface area contributed by atoms with Crippen LogP contribution in [0.3, 0.4) is 0 Å². The van der Waals surface area contributed by atoms with Crippen LogP contribution in [0.25, 0.3) is 0 Å². The van der Waals surface area contributed by atoms with Crippen LogP contribution in [0.5, 0.6) is 0 Å². The van der Waals surface area contributed by atoms with Crippen LogP contribution in [0.15, 0.2) is 9.52 Å². The van der Waals surface area contributed by atoms with Crippen LogP contribution >= 0.6 is 24.0 Å². The summed E-state index contributed by atoms with van der Waals surface area (Å²) in [5, 5.41) is 7.29. The van der Waals surface area contributed by atoms with Gasteiger partial charge >= 0.3 is 5.97 Å². The Balaban J connectivity index is 0.00000364. The molecule has 8 nitrogen and oxygen atoms in total. The molecular formula is C18H32IN5O3. The second-order valence-corrected chi connectivity index (χ2v) is 6.72. The second kappa shape index (κ2) is 12.1. The van der Waals surface area contributed by atoms with Crippen LogP contribution in [0, 0.1) is 5.92 Å². The van der Waals surface area contributed by atoms with E-state index in [-0.39, 0.29) is 41.8 Å². The Hall–Kier alpha value is -1.39. The van der Waals surface area contributed by atoms with Gasteiger partial charge < -0.3 is 19.5 Å². The molecule has 2 rings (SSSR count). The van der Waals surface area contributed by atoms with E-state index >= 15 is 0 Å². The minimum absolute atomic E-state index is 0. The Morgan fingerprint density at radius 2 is 2.22 bits per heavy atom. The zero-order valence-electron chi connectivity index (χ0n) is 16.7. The molecule has 154 valence electrons. The van der Waals surface area contributed by atoms with E-state index in [1.54, 1.807) is 0 Å². The largest absolute Gasteiger partial charge is 0.466 e. The van der Waals surface area contributed by atoms with Crippen molar-refractivity contribution in [2.24, 2.45) is 10.9 Å². The van der Waals surface area contributed by atoms with Gasteiger partial charge in [0.25, 0.3) is 0 Å². The third-order valence-electron chi connectivity index (χ3n) is 4.26. The molecule has 1 aromatic heterocycles. The van der Waals surface area contributed by atoms with Gasteiger partial charge in [-0.05, 0) is 26.7 Å². The SMILES string of the molecule is CCNC(=NCCc1nc(C(C)C)no1)N1CCCC(C(=O)OCC)C1.I. The van der Waals surface area contributed by atoms with Crippen molar-refractivity contribution < 1.29 is 14.1 Å². The predicted octanol–water partition coefficient (Wildman–Crippen LogP) is 2.59. The molecule has 9 heteroatoms. The molecule has 1 aliphatic heterocycles. The van der Waals surface area contributed by atoms with Crippen molar-refractivity contribution in [2.75, 3.05) is 32.8 Å². The van der Waals surface area contributed by atoms with Crippen LogP contribution in [0.1, 0.15) is 58.2 Å². The average Bonchev–Trinajstić information content (AvgIpc) is 3.10. The van der Waals surface area contributed by atoms with Crippen molar-refractivity contribution in [3.63, 3.8) is 0 Å². The molecule has 0 amide bonds. The Bertz CT molecular complexity index is 606. The molecule has 0 spiro atoms. The monoisotopic (exact) mass is 493 g/mol. The van der Waals surface area contributed by atoms with Gasteiger partial charge in [-0.25, -0.2) is 0 Å². The smallest absolute Gasteiger partial charge is 0.310 e. The molecule has 0 radical (unpaired) electrons. The van der Waals surface area contributed by atoms with Gasteiger partial charge in [0.05, 0.1) is 19.1 Å². The number of aliphatic imine (C=N–C) groups is 1. The van der Waals surface area contributed by atoms with Gasteiger partial charge in [0, 0.05) is 32.0 Å². The zero-order chi connectivity index (χ0) is 18.9. The fourth-order valence-corrected chi connectivity index (χ4v) is 2.91. The quantitative estimate of drug-likeness (QED) is 0.270. The fourth-order valence-electron chi connectivity index (χ4n) is 2.91. The van der Waals surface area contributed by atoms with Crippen LogP contribution < -0.4 is 5.32 Å². The van der Waals surface area contributed by atoms with Crippen LogP contribution in [-0.4, -0.2) is 59.8 Å². The zero-order valence-corrected chi connectivity index (χ0v) is 19.1. The summed E-state index contributed by atoms with van der Waals surface area (Å²) in [5.74, 6) is 2.21. The summed E-state index contributed by atoms with van der Waals surface area (Å²) in [6.45, 7) is 11.2. The highest BCUT2D eigenvalue weighted by molar-refractivity contribution is 14.0. The molecule has 1 aromatic rings. The third-order valence-corrected chi connectivity index (χ3v) is 4.26. The molecule has 0 aliphatic carbocycles. The summed E-state index contributed by atoms with van der Waals surface area (Å²) >= 11 is 0. The molecule has 27 heavy (non-hydrogen) atoms. The highest BCUT2D eigenvalue weighted by Crippen LogP contribution is 2.18. The molecule has 0 bridgehead atoms. The van der Waals surface area contributed by atoms with Crippen molar-refractivity contribution >= 4 is 35.9 Å². The maximum absolute atomic E-state index is 12.0. The molecule has 1 aliphatic rings. The lowest BCUT2D eigenvalue weighted by atomic mass is 9.98. The van der Waals surface area contributed by atoms with Crippen molar-refractivity contribution in [1.82, 2.24) is 20.4 Å². The maximum Gasteiger partial charge on any atom is 0.310 e. The van der Waals surface area contributed by atoms with Gasteiger partial charge in [-0.2, -0.15) is 4.98 Å². The highest BCUT2D eigenvalue weighted by atomic mass is 127. The van der Waals surface area contributed by atoms with Gasteiger partial charge in [0.1, 0.15) is 0 Å². The van der Waals surface area contributed by atoms with Crippen molar-refractivity contribution in [3.05, 3.63) is 11.7 Å². The van der Waals surface area contributed by atoms with E-state index in [9.17, 15) is 4.79 Å². The third kappa shape index (κ3) is 7.27. The molecule has 1 saturated heterocycles. The number of halogens is 1. The number of hydrogen-bond acceptors (Lipinski definition) is 6. The van der Waals surface area contributed by atoms with Gasteiger partial charge in [-0.15, -0.1) is 24.0 Å². The van der Waals surface area contributed by atoms with Gasteiger partial charge in [-0.1, -0.05) is 19.0 Å². The van der Waals surface area contributed by atoms with E-state index in [2.05, 4.69) is 25.3 Å². The first-order valence-corrected chi connectivity index (χ1v) is 9.57. The topological polar surface area (TPSA) is 92.9 Å². The lowest BCUT2D eigenvalue weighted by Crippen LogP contribution is -2.48. The number of likely N-dealkylation sites (tertiary alicyclic amines) is 1. The van der Waals surface area contributed by atoms with Gasteiger partial charge in [0.2, 0.25) is 5.89 Å². The van der Waals surface area contributed by atoms with Crippen LogP contribution in [-0.2, 0) is 16.0 Å². The average molecular weight is 493 g/mol. The molecule has 1 N–H and O–H groups in total. The number of guanidine groups is 1. The summed E-state index contributed by atoms with van der Waals surface area (Å²) in [6.07, 6.45) is 2.42. The molecule has 1 fully saturated rings. The molecule has 0 saturated carbocycles. The summed E-state index contributed by atoms with van der Waals surface area (Å²) < 4.78 is 10.4. The number of nitrogens with zero attached hydrogens (tertiary/aromatic N) is 4. The van der Waals surface area contributed by atoms with E-state index in [4.69, 9.17) is 9.26 Å². The van der Waals surface area contributed by atoms with Gasteiger partial charge in [0.15, 0.2) is 11.8 Å². The predicted molar refractivity (Wildman–Crippen MR) is 114 cm³/mol. The minimum atomic E-state index is -0.111. The fraction of sp³-hybridized carbons (Fsp3) is 0.778. The maximum atomic E-state index is 12.0. The van der Waals surface area contributed by atoms with Crippen LogP contribution in [0.4, 0.5) is 0 Å². The number of piperidine rings is 1. The van der Waals surface area contributed by atoms with Crippen molar-refractivity contribution in [3.8, 4) is 0 Å². The number of ether oxygens (including phenoxy) is 1. The number of hydrogen-bond donors (Lipinski definition) is 1. The van der Waals surface area contributed by atoms with Crippen LogP contribution in [0.2, 0.25) is 0 Å². The Morgan fingerprint density at radius 3 is 2.85 bits per heavy atom. The minimum Gasteiger partial charge on any atom is -0.466 e. The number of nitrogens with one attached hydrogen (secondary N) is 1. The number of carbonyl (C=O) groups is 1. The molecule has 0 aromatic carbocycles. The molecular weight excluding hydrogens is 461 g/mol. The Morgan fingerprint density at radius 1 is 1.44 bits per heavy atom. The summed E-state index contributed by atoms with van der Waals surface area (Å²) in [7, 11) is 0. The Kier molecular flexibility index (Phi) is 10.6. The first kappa shape index (κ1) is 23.6. The van der Waals surface area contributed by atoms with E-state index < -0.39 is 0 Å². The number of esters is 1. The van der Waals surface area contributed by atoms with E-state index in [1.165, 1.54) is 0 Å². The van der Waals surface area contributed by atoms with Crippen molar-refractivity contribution in [1.29, 1.82) is 0 Å². The number of aromatic nitrogens is 2. The summed E-state index contributed by atoms with van der Waals surface area (Å²) in [4.78, 5) is 23.2. The standard InChI is InChI=1S/C18H31N5O3.HI/c1-5-19-18(20-10-9-15-21-16(13(3)4)22-26-15)23-11-7-8-14(12-23)17(24)25-6-2;/h13-14H,5-12H2,1-4H3,(H,19,20);1H. The Labute approximate surface area is 178 Å². The van der Waals surface area contributed by atoms with E-state index in [0.29, 0.717) is 32.0 Å². The van der Waals surface area contributed by atoms with E-state index in [0.717, 1.165) is 37.7 Å². The summed E-state index contributed by atoms with van der Waals surface area (Å²) in [5.41, 5.74) is 0. The first-order chi connectivity index (χ1) is 12.5. The summed E-state index contributed by atoms with van der Waals surface area (Å²) in [6, 6.07) is 0. The first-order valence-electron chi connectivity index (χ1n) is 9.57. The molecule has 1 unspecified atom stereocenters.